The van der Waals surface area contributed by atoms with Crippen molar-refractivity contribution in [3.63, 3.8) is 0 Å². The predicted molar refractivity (Wildman–Crippen MR) is 111 cm³/mol. The van der Waals surface area contributed by atoms with E-state index in [0.29, 0.717) is 52.9 Å². The number of rotatable bonds is 4. The molecule has 0 saturated carbocycles. The van der Waals surface area contributed by atoms with Crippen LogP contribution < -0.4 is 9.62 Å². The fourth-order valence-electron chi connectivity index (χ4n) is 3.37. The molecule has 10 heteroatoms. The number of thiophene rings is 1. The number of carbonyl (C=O) groups is 2. The number of anilines is 1. The van der Waals surface area contributed by atoms with Gasteiger partial charge in [-0.1, -0.05) is 18.5 Å². The van der Waals surface area contributed by atoms with Crippen LogP contribution in [0, 0.1) is 16.7 Å². The Balaban J connectivity index is 1.43. The maximum Gasteiger partial charge on any atom is 0.340 e. The molecule has 7 nitrogen and oxygen atoms in total. The summed E-state index contributed by atoms with van der Waals surface area (Å²) in [5.41, 5.74) is 0.756. The van der Waals surface area contributed by atoms with E-state index in [-0.39, 0.29) is 12.5 Å². The number of carbonyl (C=O) groups excluding carboxylic acids is 2. The van der Waals surface area contributed by atoms with E-state index in [1.54, 1.807) is 12.1 Å². The van der Waals surface area contributed by atoms with E-state index in [4.69, 9.17) is 16.3 Å². The van der Waals surface area contributed by atoms with Crippen molar-refractivity contribution in [2.45, 2.75) is 30.6 Å². The first-order valence-corrected chi connectivity index (χ1v) is 11.0. The van der Waals surface area contributed by atoms with Crippen LogP contribution >= 0.6 is 34.9 Å². The molecule has 2 aromatic heterocycles. The summed E-state index contributed by atoms with van der Waals surface area (Å²) in [7, 11) is 0. The number of fused-ring (bicyclic) bond motifs is 1. The number of amides is 1. The van der Waals surface area contributed by atoms with Gasteiger partial charge < -0.3 is 9.64 Å². The molecule has 1 saturated heterocycles. The van der Waals surface area contributed by atoms with Gasteiger partial charge >= 0.3 is 5.97 Å². The van der Waals surface area contributed by atoms with Crippen LogP contribution in [-0.4, -0.2) is 29.9 Å². The number of ether oxygens (including phenoxy) is 1. The molecule has 0 aromatic carbocycles. The second-order valence-electron chi connectivity index (χ2n) is 7.18. The molecular weight excluding hydrogens is 432 g/mol. The third kappa shape index (κ3) is 3.92. The molecule has 2 aromatic rings. The summed E-state index contributed by atoms with van der Waals surface area (Å²) < 4.78 is 9.55. The molecule has 2 aliphatic rings. The highest BCUT2D eigenvalue weighted by atomic mass is 35.5. The highest BCUT2D eigenvalue weighted by molar-refractivity contribution is 7.99. The number of pyridine rings is 1. The molecule has 29 heavy (non-hydrogen) atoms. The molecule has 150 valence electrons. The van der Waals surface area contributed by atoms with Crippen molar-refractivity contribution >= 4 is 52.6 Å². The molecule has 0 spiro atoms. The van der Waals surface area contributed by atoms with E-state index in [0.717, 1.165) is 4.21 Å². The molecule has 4 rings (SSSR count). The summed E-state index contributed by atoms with van der Waals surface area (Å²) in [5.74, 6) is 0.0886. The Bertz CT molecular complexity index is 1020. The standard InChI is InChI=1S/C19H17ClN4O3S2/c1-19(18(26)23-29-15-3-2-14(20)28-15)4-6-24(7-5-19)16-11(9-21)8-12-13(22-16)10-27-17(12)25/h2-3,8H,4-7,10H2,1H3,(H,23,26). The number of nitrogens with one attached hydrogen (secondary N) is 1. The Kier molecular flexibility index (Phi) is 5.42. The normalized spacial score (nSPS) is 17.4. The summed E-state index contributed by atoms with van der Waals surface area (Å²) in [5, 5.41) is 9.49. The van der Waals surface area contributed by atoms with Gasteiger partial charge in [0.2, 0.25) is 5.91 Å². The minimum absolute atomic E-state index is 0.0203. The number of halogens is 1. The highest BCUT2D eigenvalue weighted by Crippen LogP contribution is 2.36. The molecule has 0 unspecified atom stereocenters. The molecule has 0 bridgehead atoms. The van der Waals surface area contributed by atoms with Gasteiger partial charge in [0.1, 0.15) is 18.5 Å². The van der Waals surface area contributed by atoms with Crippen molar-refractivity contribution in [2.75, 3.05) is 18.0 Å². The summed E-state index contributed by atoms with van der Waals surface area (Å²) >= 11 is 8.62. The average molecular weight is 449 g/mol. The zero-order valence-corrected chi connectivity index (χ0v) is 17.9. The summed E-state index contributed by atoms with van der Waals surface area (Å²) in [6, 6.07) is 7.35. The summed E-state index contributed by atoms with van der Waals surface area (Å²) in [6.07, 6.45) is 1.26. The van der Waals surface area contributed by atoms with Gasteiger partial charge in [-0.05, 0) is 43.0 Å². The maximum atomic E-state index is 12.8. The van der Waals surface area contributed by atoms with Crippen LogP contribution in [-0.2, 0) is 16.1 Å². The van der Waals surface area contributed by atoms with Crippen molar-refractivity contribution in [2.24, 2.45) is 5.41 Å². The van der Waals surface area contributed by atoms with Crippen LogP contribution in [0.2, 0.25) is 4.34 Å². The first-order valence-electron chi connectivity index (χ1n) is 8.98. The highest BCUT2D eigenvalue weighted by Gasteiger charge is 2.38. The zero-order chi connectivity index (χ0) is 20.6. The van der Waals surface area contributed by atoms with Crippen LogP contribution in [0.1, 0.15) is 41.4 Å². The van der Waals surface area contributed by atoms with Crippen LogP contribution in [0.4, 0.5) is 5.82 Å². The van der Waals surface area contributed by atoms with E-state index in [2.05, 4.69) is 15.8 Å². The van der Waals surface area contributed by atoms with Crippen LogP contribution in [0.25, 0.3) is 0 Å². The molecule has 0 radical (unpaired) electrons. The number of hydrogen-bond acceptors (Lipinski definition) is 8. The number of nitrogens with zero attached hydrogens (tertiary/aromatic N) is 3. The van der Waals surface area contributed by atoms with Gasteiger partial charge in [0.05, 0.1) is 30.8 Å². The van der Waals surface area contributed by atoms with Gasteiger partial charge in [-0.25, -0.2) is 9.78 Å². The molecule has 4 heterocycles. The maximum absolute atomic E-state index is 12.8. The van der Waals surface area contributed by atoms with Gasteiger partial charge in [0, 0.05) is 13.1 Å². The van der Waals surface area contributed by atoms with Crippen molar-refractivity contribution in [1.29, 1.82) is 5.26 Å². The topological polar surface area (TPSA) is 95.3 Å². The number of hydrogen-bond donors (Lipinski definition) is 1. The molecule has 0 atom stereocenters. The largest absolute Gasteiger partial charge is 0.455 e. The van der Waals surface area contributed by atoms with Gasteiger partial charge in [-0.2, -0.15) is 5.26 Å². The monoisotopic (exact) mass is 448 g/mol. The molecular formula is C19H17ClN4O3S2. The Morgan fingerprint density at radius 1 is 1.45 bits per heavy atom. The third-order valence-corrected chi connectivity index (χ3v) is 7.42. The molecule has 2 aliphatic heterocycles. The van der Waals surface area contributed by atoms with Crippen molar-refractivity contribution in [3.8, 4) is 6.07 Å². The SMILES string of the molecule is CC1(C(=O)NSc2ccc(Cl)s2)CCN(c2nc3c(cc2C#N)C(=O)OC3)CC1. The van der Waals surface area contributed by atoms with Crippen molar-refractivity contribution in [3.05, 3.63) is 39.4 Å². The molecule has 0 aliphatic carbocycles. The Labute approximate surface area is 181 Å². The molecule has 1 N–H and O–H groups in total. The number of esters is 1. The predicted octanol–water partition coefficient (Wildman–Crippen LogP) is 3.77. The summed E-state index contributed by atoms with van der Waals surface area (Å²) in [4.78, 5) is 31.0. The van der Waals surface area contributed by atoms with E-state index in [1.807, 2.05) is 17.9 Å². The lowest BCUT2D eigenvalue weighted by Crippen LogP contribution is -2.46. The van der Waals surface area contributed by atoms with Gasteiger partial charge in [-0.15, -0.1) is 11.3 Å². The van der Waals surface area contributed by atoms with Gasteiger partial charge in [-0.3, -0.25) is 9.52 Å². The average Bonchev–Trinajstić information content (AvgIpc) is 3.31. The van der Waals surface area contributed by atoms with Gasteiger partial charge in [0.25, 0.3) is 0 Å². The Morgan fingerprint density at radius 2 is 2.21 bits per heavy atom. The lowest BCUT2D eigenvalue weighted by Gasteiger charge is -2.38. The lowest BCUT2D eigenvalue weighted by molar-refractivity contribution is -0.129. The fourth-order valence-corrected chi connectivity index (χ4v) is 5.42. The Hall–Kier alpha value is -2.28. The van der Waals surface area contributed by atoms with Crippen molar-refractivity contribution in [1.82, 2.24) is 9.71 Å². The number of piperidine rings is 1. The molecule has 1 fully saturated rings. The van der Waals surface area contributed by atoms with Crippen LogP contribution in [0.3, 0.4) is 0 Å². The number of aromatic nitrogens is 1. The van der Waals surface area contributed by atoms with Crippen molar-refractivity contribution < 1.29 is 14.3 Å². The molecule has 1 amide bonds. The van der Waals surface area contributed by atoms with E-state index in [1.165, 1.54) is 23.3 Å². The first-order chi connectivity index (χ1) is 13.9. The first kappa shape index (κ1) is 20.0. The van der Waals surface area contributed by atoms with E-state index < -0.39 is 11.4 Å². The van der Waals surface area contributed by atoms with Gasteiger partial charge in [0.15, 0.2) is 0 Å². The van der Waals surface area contributed by atoms with E-state index in [9.17, 15) is 14.9 Å². The van der Waals surface area contributed by atoms with Crippen LogP contribution in [0.15, 0.2) is 22.4 Å². The second-order valence-corrected chi connectivity index (χ2v) is 10.0. The van der Waals surface area contributed by atoms with Crippen LogP contribution in [0.5, 0.6) is 0 Å². The lowest BCUT2D eigenvalue weighted by atomic mass is 9.79. The Morgan fingerprint density at radius 3 is 2.86 bits per heavy atom. The second kappa shape index (κ2) is 7.86. The minimum Gasteiger partial charge on any atom is -0.455 e. The fraction of sp³-hybridized carbons (Fsp3) is 0.368. The zero-order valence-electron chi connectivity index (χ0n) is 15.5. The quantitative estimate of drug-likeness (QED) is 0.561. The number of cyclic esters (lactones) is 1. The summed E-state index contributed by atoms with van der Waals surface area (Å²) in [6.45, 7) is 3.27. The third-order valence-electron chi connectivity index (χ3n) is 5.27. The smallest absolute Gasteiger partial charge is 0.340 e. The minimum atomic E-state index is -0.507. The van der Waals surface area contributed by atoms with E-state index >= 15 is 0 Å². The number of nitriles is 1.